The van der Waals surface area contributed by atoms with Gasteiger partial charge in [0.1, 0.15) is 5.82 Å². The molecule has 0 spiro atoms. The van der Waals surface area contributed by atoms with Gasteiger partial charge in [0.05, 0.1) is 19.1 Å². The molecule has 0 N–H and O–H groups in total. The standard InChI is InChI=1S/C20H20N4O5S/c1-4-23-19(10-13-5-7-16(28-2)17(9-13)29-3)21-22-20(23)30-18-8-6-15(24(26)27)11-14(18)12-25/h5-9,11-12H,4,10H2,1-3H3. The maximum atomic E-state index is 11.4. The molecule has 0 saturated carbocycles. The highest BCUT2D eigenvalue weighted by molar-refractivity contribution is 7.99. The Bertz CT molecular complexity index is 1080. The predicted octanol–water partition coefficient (Wildman–Crippen LogP) is 3.78. The lowest BCUT2D eigenvalue weighted by molar-refractivity contribution is -0.384. The van der Waals surface area contributed by atoms with Crippen molar-refractivity contribution in [3.8, 4) is 11.5 Å². The molecule has 0 bridgehead atoms. The molecule has 156 valence electrons. The lowest BCUT2D eigenvalue weighted by Gasteiger charge is -2.11. The van der Waals surface area contributed by atoms with Gasteiger partial charge in [-0.05, 0) is 42.4 Å². The van der Waals surface area contributed by atoms with Gasteiger partial charge >= 0.3 is 0 Å². The van der Waals surface area contributed by atoms with Gasteiger partial charge in [-0.25, -0.2) is 0 Å². The molecule has 3 rings (SSSR count). The van der Waals surface area contributed by atoms with E-state index in [2.05, 4.69) is 10.2 Å². The van der Waals surface area contributed by atoms with Crippen LogP contribution in [0.25, 0.3) is 0 Å². The highest BCUT2D eigenvalue weighted by atomic mass is 32.2. The fourth-order valence-electron chi connectivity index (χ4n) is 2.95. The summed E-state index contributed by atoms with van der Waals surface area (Å²) in [5.74, 6) is 2.03. The number of hydrogen-bond acceptors (Lipinski definition) is 8. The number of hydrogen-bond donors (Lipinski definition) is 0. The summed E-state index contributed by atoms with van der Waals surface area (Å²) in [7, 11) is 3.17. The zero-order valence-corrected chi connectivity index (χ0v) is 17.5. The molecule has 9 nitrogen and oxygen atoms in total. The zero-order valence-electron chi connectivity index (χ0n) is 16.7. The number of benzene rings is 2. The van der Waals surface area contributed by atoms with Gasteiger partial charge in [0.2, 0.25) is 0 Å². The van der Waals surface area contributed by atoms with Gasteiger partial charge in [-0.1, -0.05) is 6.07 Å². The molecule has 0 atom stereocenters. The maximum Gasteiger partial charge on any atom is 0.270 e. The molecule has 3 aromatic rings. The first-order chi connectivity index (χ1) is 14.5. The Morgan fingerprint density at radius 1 is 1.13 bits per heavy atom. The number of nitro benzene ring substituents is 1. The summed E-state index contributed by atoms with van der Waals surface area (Å²) in [6.07, 6.45) is 1.13. The molecule has 1 heterocycles. The molecule has 0 aliphatic carbocycles. The number of ether oxygens (including phenoxy) is 2. The van der Waals surface area contributed by atoms with Gasteiger partial charge in [-0.2, -0.15) is 0 Å². The number of carbonyl (C=O) groups is 1. The van der Waals surface area contributed by atoms with Gasteiger partial charge in [-0.3, -0.25) is 14.9 Å². The number of aldehydes is 1. The van der Waals surface area contributed by atoms with Gasteiger partial charge < -0.3 is 14.0 Å². The second-order valence-electron chi connectivity index (χ2n) is 6.21. The van der Waals surface area contributed by atoms with Crippen LogP contribution in [0.2, 0.25) is 0 Å². The van der Waals surface area contributed by atoms with Crippen molar-refractivity contribution in [2.24, 2.45) is 0 Å². The van der Waals surface area contributed by atoms with Gasteiger partial charge in [0, 0.05) is 35.6 Å². The van der Waals surface area contributed by atoms with Crippen molar-refractivity contribution < 1.29 is 19.2 Å². The number of aromatic nitrogens is 3. The molecule has 30 heavy (non-hydrogen) atoms. The van der Waals surface area contributed by atoms with Gasteiger partial charge in [-0.15, -0.1) is 10.2 Å². The summed E-state index contributed by atoms with van der Waals surface area (Å²) < 4.78 is 12.6. The van der Waals surface area contributed by atoms with Crippen LogP contribution in [0.5, 0.6) is 11.5 Å². The Morgan fingerprint density at radius 2 is 1.90 bits per heavy atom. The molecular weight excluding hydrogens is 408 g/mol. The van der Waals surface area contributed by atoms with Crippen molar-refractivity contribution in [2.45, 2.75) is 29.9 Å². The smallest absolute Gasteiger partial charge is 0.270 e. The van der Waals surface area contributed by atoms with Crippen LogP contribution in [0.3, 0.4) is 0 Å². The predicted molar refractivity (Wildman–Crippen MR) is 111 cm³/mol. The van der Waals surface area contributed by atoms with E-state index in [1.807, 2.05) is 29.7 Å². The average molecular weight is 428 g/mol. The molecule has 0 saturated heterocycles. The van der Waals surface area contributed by atoms with E-state index < -0.39 is 4.92 Å². The van der Waals surface area contributed by atoms with E-state index in [0.29, 0.717) is 40.8 Å². The molecule has 0 amide bonds. The number of carbonyl (C=O) groups excluding carboxylic acids is 1. The second-order valence-corrected chi connectivity index (χ2v) is 7.22. The first-order valence-corrected chi connectivity index (χ1v) is 9.86. The highest BCUT2D eigenvalue weighted by Gasteiger charge is 2.17. The van der Waals surface area contributed by atoms with Crippen molar-refractivity contribution >= 4 is 23.7 Å². The summed E-state index contributed by atoms with van der Waals surface area (Å²) in [6.45, 7) is 2.60. The van der Waals surface area contributed by atoms with E-state index in [4.69, 9.17) is 9.47 Å². The third-order valence-electron chi connectivity index (χ3n) is 4.45. The number of methoxy groups -OCH3 is 2. The van der Waals surface area contributed by atoms with Crippen molar-refractivity contribution in [2.75, 3.05) is 14.2 Å². The van der Waals surface area contributed by atoms with Crippen LogP contribution in [0, 0.1) is 10.1 Å². The average Bonchev–Trinajstić information content (AvgIpc) is 3.14. The number of nitrogens with zero attached hydrogens (tertiary/aromatic N) is 4. The quantitative estimate of drug-likeness (QED) is 0.288. The van der Waals surface area contributed by atoms with E-state index in [-0.39, 0.29) is 11.3 Å². The van der Waals surface area contributed by atoms with E-state index in [0.717, 1.165) is 11.4 Å². The topological polar surface area (TPSA) is 109 Å². The zero-order chi connectivity index (χ0) is 21.7. The van der Waals surface area contributed by atoms with Crippen LogP contribution >= 0.6 is 11.8 Å². The lowest BCUT2D eigenvalue weighted by atomic mass is 10.1. The molecule has 0 aliphatic rings. The molecule has 0 radical (unpaired) electrons. The third-order valence-corrected chi connectivity index (χ3v) is 5.53. The monoisotopic (exact) mass is 428 g/mol. The Hall–Kier alpha value is -3.40. The fourth-order valence-corrected chi connectivity index (χ4v) is 3.93. The van der Waals surface area contributed by atoms with Crippen LogP contribution < -0.4 is 9.47 Å². The van der Waals surface area contributed by atoms with E-state index >= 15 is 0 Å². The largest absolute Gasteiger partial charge is 0.493 e. The molecule has 10 heteroatoms. The molecule has 0 unspecified atom stereocenters. The van der Waals surface area contributed by atoms with E-state index in [9.17, 15) is 14.9 Å². The SMILES string of the molecule is CCn1c(Cc2ccc(OC)c(OC)c2)nnc1Sc1ccc([N+](=O)[O-])cc1C=O. The second kappa shape index (κ2) is 9.40. The summed E-state index contributed by atoms with van der Waals surface area (Å²) in [6, 6.07) is 9.84. The Morgan fingerprint density at radius 3 is 2.53 bits per heavy atom. The van der Waals surface area contributed by atoms with Crippen LogP contribution in [0.4, 0.5) is 5.69 Å². The normalized spacial score (nSPS) is 10.6. The summed E-state index contributed by atoms with van der Waals surface area (Å²) >= 11 is 1.25. The highest BCUT2D eigenvalue weighted by Crippen LogP contribution is 2.32. The van der Waals surface area contributed by atoms with Crippen molar-refractivity contribution in [1.82, 2.24) is 14.8 Å². The van der Waals surface area contributed by atoms with Crippen LogP contribution in [0.1, 0.15) is 28.7 Å². The molecule has 0 aliphatic heterocycles. The van der Waals surface area contributed by atoms with Gasteiger partial charge in [0.25, 0.3) is 5.69 Å². The minimum Gasteiger partial charge on any atom is -0.493 e. The number of rotatable bonds is 9. The van der Waals surface area contributed by atoms with Crippen LogP contribution in [0.15, 0.2) is 46.5 Å². The molecular formula is C20H20N4O5S. The van der Waals surface area contributed by atoms with Gasteiger partial charge in [0.15, 0.2) is 22.9 Å². The fraction of sp³-hybridized carbons (Fsp3) is 0.250. The summed E-state index contributed by atoms with van der Waals surface area (Å²) in [5.41, 5.74) is 1.09. The number of nitro groups is 1. The first-order valence-electron chi connectivity index (χ1n) is 9.05. The molecule has 1 aromatic heterocycles. The number of non-ortho nitro benzene ring substituents is 1. The summed E-state index contributed by atoms with van der Waals surface area (Å²) in [5, 5.41) is 20.1. The van der Waals surface area contributed by atoms with E-state index in [1.54, 1.807) is 20.3 Å². The lowest BCUT2D eigenvalue weighted by Crippen LogP contribution is -2.04. The Balaban J connectivity index is 1.88. The minimum atomic E-state index is -0.531. The van der Waals surface area contributed by atoms with Crippen LogP contribution in [-0.4, -0.2) is 40.2 Å². The Labute approximate surface area is 177 Å². The van der Waals surface area contributed by atoms with Crippen molar-refractivity contribution in [1.29, 1.82) is 0 Å². The minimum absolute atomic E-state index is 0.132. The Kier molecular flexibility index (Phi) is 6.68. The van der Waals surface area contributed by atoms with Crippen LogP contribution in [-0.2, 0) is 13.0 Å². The molecule has 2 aromatic carbocycles. The molecule has 0 fully saturated rings. The van der Waals surface area contributed by atoms with Crippen molar-refractivity contribution in [3.05, 3.63) is 63.5 Å². The first kappa shape index (κ1) is 21.3. The third kappa shape index (κ3) is 4.43. The maximum absolute atomic E-state index is 11.4. The van der Waals surface area contributed by atoms with E-state index in [1.165, 1.54) is 23.9 Å². The van der Waals surface area contributed by atoms with Crippen molar-refractivity contribution in [3.63, 3.8) is 0 Å². The summed E-state index contributed by atoms with van der Waals surface area (Å²) in [4.78, 5) is 22.4.